The highest BCUT2D eigenvalue weighted by Gasteiger charge is 2.36. The van der Waals surface area contributed by atoms with Crippen LogP contribution in [0.25, 0.3) is 21.8 Å². The molecule has 2 aliphatic rings. The molecule has 2 fully saturated rings. The van der Waals surface area contributed by atoms with E-state index in [0.29, 0.717) is 97.4 Å². The molecule has 304 valence electrons. The van der Waals surface area contributed by atoms with Crippen molar-refractivity contribution in [3.8, 4) is 0 Å². The molecule has 0 unspecified atom stereocenters. The number of aromatic nitrogens is 3. The number of amides is 3. The van der Waals surface area contributed by atoms with Crippen LogP contribution in [0.15, 0.2) is 90.1 Å². The highest BCUT2D eigenvalue weighted by atomic mass is 35.5. The molecule has 0 spiro atoms. The monoisotopic (exact) mass is 806 g/mol. The molecular weight excluding hydrogens is 756 g/mol. The molecule has 2 aromatic heterocycles. The van der Waals surface area contributed by atoms with Gasteiger partial charge in [-0.25, -0.2) is 4.98 Å². The number of aliphatic hydroxyl groups is 1. The van der Waals surface area contributed by atoms with E-state index in [4.69, 9.17) is 11.6 Å². The van der Waals surface area contributed by atoms with Crippen LogP contribution in [0.3, 0.4) is 0 Å². The van der Waals surface area contributed by atoms with Gasteiger partial charge in [0.15, 0.2) is 0 Å². The van der Waals surface area contributed by atoms with Crippen molar-refractivity contribution in [1.82, 2.24) is 34.6 Å². The van der Waals surface area contributed by atoms with E-state index in [-0.39, 0.29) is 35.7 Å². The maximum absolute atomic E-state index is 14.0. The number of rotatable bonds is 14. The van der Waals surface area contributed by atoms with Crippen molar-refractivity contribution < 1.29 is 19.5 Å². The maximum atomic E-state index is 14.0. The van der Waals surface area contributed by atoms with Gasteiger partial charge in [-0.2, -0.15) is 0 Å². The minimum Gasteiger partial charge on any atom is -0.388 e. The molecular formula is C44H51ClN8O5. The number of anilines is 1. The van der Waals surface area contributed by atoms with Crippen LogP contribution >= 0.6 is 11.6 Å². The number of hydrogen-bond donors (Lipinski definition) is 3. The van der Waals surface area contributed by atoms with Gasteiger partial charge in [0.2, 0.25) is 11.8 Å². The summed E-state index contributed by atoms with van der Waals surface area (Å²) in [5.74, 6) is -0.597. The fraction of sp³-hybridized carbons (Fsp3) is 0.409. The maximum Gasteiger partial charge on any atom is 0.261 e. The Morgan fingerprint density at radius 1 is 0.897 bits per heavy atom. The molecule has 0 aliphatic carbocycles. The van der Waals surface area contributed by atoms with Crippen LogP contribution < -0.4 is 16.2 Å². The Bertz CT molecular complexity index is 2300. The highest BCUT2D eigenvalue weighted by molar-refractivity contribution is 6.35. The smallest absolute Gasteiger partial charge is 0.261 e. The van der Waals surface area contributed by atoms with Gasteiger partial charge in [-0.15, -0.1) is 0 Å². The van der Waals surface area contributed by atoms with E-state index in [1.54, 1.807) is 48.7 Å². The SMILES string of the molecule is CN1CCN(CCC(=O)Nc2ccc3c(=O)n(CC4(O)CCN(C(=O)[C@H](CCCNC(=O)c5ccc6c(Cl)ccnc6c5)Cc5ccccc5)CC4)cnc3c2)CC1. The van der Waals surface area contributed by atoms with Crippen molar-refractivity contribution in [3.63, 3.8) is 0 Å². The predicted molar refractivity (Wildman–Crippen MR) is 226 cm³/mol. The number of piperazine rings is 1. The van der Waals surface area contributed by atoms with E-state index in [0.717, 1.165) is 37.1 Å². The number of nitrogens with one attached hydrogen (secondary N) is 2. The molecule has 14 heteroatoms. The fourth-order valence-electron chi connectivity index (χ4n) is 7.90. The zero-order valence-electron chi connectivity index (χ0n) is 32.9. The van der Waals surface area contributed by atoms with Crippen LogP contribution in [0.2, 0.25) is 5.02 Å². The second-order valence-corrected chi connectivity index (χ2v) is 16.1. The number of likely N-dealkylation sites (N-methyl/N-ethyl adjacent to an activating group) is 1. The third kappa shape index (κ3) is 10.3. The van der Waals surface area contributed by atoms with Gasteiger partial charge in [-0.1, -0.05) is 48.0 Å². The first-order valence-electron chi connectivity index (χ1n) is 20.1. The van der Waals surface area contributed by atoms with Crippen LogP contribution in [0.1, 0.15) is 48.0 Å². The average Bonchev–Trinajstić information content (AvgIpc) is 3.23. The average molecular weight is 807 g/mol. The summed E-state index contributed by atoms with van der Waals surface area (Å²) in [6, 6.07) is 21.9. The zero-order chi connectivity index (χ0) is 40.6. The summed E-state index contributed by atoms with van der Waals surface area (Å²) in [6.07, 6.45) is 5.79. The van der Waals surface area contributed by atoms with Crippen molar-refractivity contribution in [1.29, 1.82) is 0 Å². The summed E-state index contributed by atoms with van der Waals surface area (Å²) in [7, 11) is 2.10. The summed E-state index contributed by atoms with van der Waals surface area (Å²) in [6.45, 7) is 5.75. The van der Waals surface area contributed by atoms with Crippen LogP contribution in [0, 0.1) is 5.92 Å². The van der Waals surface area contributed by atoms with Gasteiger partial charge in [-0.05, 0) is 81.1 Å². The van der Waals surface area contributed by atoms with E-state index >= 15 is 0 Å². The summed E-state index contributed by atoms with van der Waals surface area (Å²) >= 11 is 6.26. The van der Waals surface area contributed by atoms with Crippen molar-refractivity contribution in [3.05, 3.63) is 112 Å². The summed E-state index contributed by atoms with van der Waals surface area (Å²) < 4.78 is 1.43. The summed E-state index contributed by atoms with van der Waals surface area (Å²) in [5.41, 5.74) is 1.76. The number of halogens is 1. The largest absolute Gasteiger partial charge is 0.388 e. The van der Waals surface area contributed by atoms with Crippen molar-refractivity contribution >= 4 is 56.8 Å². The van der Waals surface area contributed by atoms with Crippen molar-refractivity contribution in [2.75, 3.05) is 64.7 Å². The molecule has 58 heavy (non-hydrogen) atoms. The van der Waals surface area contributed by atoms with Gasteiger partial charge < -0.3 is 30.4 Å². The summed E-state index contributed by atoms with van der Waals surface area (Å²) in [5, 5.41) is 19.3. The van der Waals surface area contributed by atoms with Gasteiger partial charge in [0.25, 0.3) is 11.5 Å². The molecule has 5 aromatic rings. The van der Waals surface area contributed by atoms with Gasteiger partial charge in [-0.3, -0.25) is 28.7 Å². The number of benzene rings is 3. The van der Waals surface area contributed by atoms with Crippen LogP contribution in [-0.4, -0.2) is 117 Å². The first-order chi connectivity index (χ1) is 28.0. The third-order valence-corrected chi connectivity index (χ3v) is 11.8. The lowest BCUT2D eigenvalue weighted by Crippen LogP contribution is -2.51. The number of hydrogen-bond acceptors (Lipinski definition) is 9. The Labute approximate surface area is 343 Å². The van der Waals surface area contributed by atoms with Crippen molar-refractivity contribution in [2.24, 2.45) is 5.92 Å². The number of likely N-dealkylation sites (tertiary alicyclic amines) is 1. The lowest BCUT2D eigenvalue weighted by Gasteiger charge is -2.39. The Balaban J connectivity index is 0.921. The van der Waals surface area contributed by atoms with E-state index in [1.165, 1.54) is 10.9 Å². The standard InChI is InChI=1S/C44H51ClN8O5/c1-50-22-24-51(25-23-50)19-14-40(54)49-34-10-12-36-39(28-34)48-30-53(43(36)57)29-44(58)15-20-52(21-16-44)42(56)33(26-31-6-3-2-4-7-31)8-5-17-47-41(55)32-9-11-35-37(45)13-18-46-38(35)27-32/h2-4,6-7,9-13,18,27-28,30,33,58H,5,8,14-17,19-26,29H2,1H3,(H,47,55)(H,49,54)/t33-/m1/s1. The molecule has 2 saturated heterocycles. The first kappa shape index (κ1) is 41.0. The molecule has 0 bridgehead atoms. The van der Waals surface area contributed by atoms with E-state index in [9.17, 15) is 24.3 Å². The predicted octanol–water partition coefficient (Wildman–Crippen LogP) is 4.60. The van der Waals surface area contributed by atoms with Gasteiger partial charge in [0.1, 0.15) is 0 Å². The Hall–Kier alpha value is -5.21. The minimum atomic E-state index is -1.20. The molecule has 3 N–H and O–H groups in total. The van der Waals surface area contributed by atoms with Crippen LogP contribution in [-0.2, 0) is 22.6 Å². The molecule has 4 heterocycles. The van der Waals surface area contributed by atoms with E-state index in [2.05, 4.69) is 37.4 Å². The normalized spacial score (nSPS) is 16.6. The lowest BCUT2D eigenvalue weighted by molar-refractivity contribution is -0.140. The highest BCUT2D eigenvalue weighted by Crippen LogP contribution is 2.27. The number of fused-ring (bicyclic) bond motifs is 2. The van der Waals surface area contributed by atoms with E-state index < -0.39 is 5.60 Å². The Morgan fingerprint density at radius 3 is 2.41 bits per heavy atom. The van der Waals surface area contributed by atoms with E-state index in [1.807, 2.05) is 35.2 Å². The molecule has 3 amide bonds. The second kappa shape index (κ2) is 18.6. The van der Waals surface area contributed by atoms with Gasteiger partial charge >= 0.3 is 0 Å². The quantitative estimate of drug-likeness (QED) is 0.137. The molecule has 2 aliphatic heterocycles. The fourth-order valence-corrected chi connectivity index (χ4v) is 8.11. The Morgan fingerprint density at radius 2 is 1.64 bits per heavy atom. The zero-order valence-corrected chi connectivity index (χ0v) is 33.7. The van der Waals surface area contributed by atoms with Crippen LogP contribution in [0.4, 0.5) is 5.69 Å². The van der Waals surface area contributed by atoms with Gasteiger partial charge in [0, 0.05) is 87.5 Å². The van der Waals surface area contributed by atoms with Crippen LogP contribution in [0.5, 0.6) is 0 Å². The number of pyridine rings is 1. The topological polar surface area (TPSA) is 153 Å². The number of carbonyl (C=O) groups is 3. The molecule has 13 nitrogen and oxygen atoms in total. The first-order valence-corrected chi connectivity index (χ1v) is 20.5. The second-order valence-electron chi connectivity index (χ2n) is 15.7. The van der Waals surface area contributed by atoms with Crippen molar-refractivity contribution in [2.45, 2.75) is 50.7 Å². The molecule has 0 radical (unpaired) electrons. The summed E-state index contributed by atoms with van der Waals surface area (Å²) in [4.78, 5) is 68.4. The molecule has 3 aromatic carbocycles. The molecule has 0 saturated carbocycles. The molecule has 1 atom stereocenters. The molecule has 7 rings (SSSR count). The van der Waals surface area contributed by atoms with Gasteiger partial charge in [0.05, 0.1) is 39.9 Å². The Kier molecular flexibility index (Phi) is 13.1. The third-order valence-electron chi connectivity index (χ3n) is 11.5. The lowest BCUT2D eigenvalue weighted by atomic mass is 9.88. The number of carbonyl (C=O) groups excluding carboxylic acids is 3. The number of piperidine rings is 1. The minimum absolute atomic E-state index is 0.0153. The number of nitrogens with zero attached hydrogens (tertiary/aromatic N) is 6.